The molecule has 0 spiro atoms. The maximum atomic E-state index is 5.90. The van der Waals surface area contributed by atoms with E-state index in [9.17, 15) is 0 Å². The molecule has 1 saturated carbocycles. The van der Waals surface area contributed by atoms with Crippen molar-refractivity contribution in [3.63, 3.8) is 0 Å². The number of guanidine groups is 1. The van der Waals surface area contributed by atoms with Gasteiger partial charge in [-0.25, -0.2) is 0 Å². The number of nitrogens with two attached hydrogens (primary N) is 1. The lowest BCUT2D eigenvalue weighted by molar-refractivity contribution is 0.0549. The summed E-state index contributed by atoms with van der Waals surface area (Å²) in [4.78, 5) is 4.42. The fourth-order valence-corrected chi connectivity index (χ4v) is 2.81. The van der Waals surface area contributed by atoms with Gasteiger partial charge in [0.2, 0.25) is 0 Å². The van der Waals surface area contributed by atoms with Crippen molar-refractivity contribution in [3.05, 3.63) is 0 Å². The molecule has 2 atom stereocenters. The highest BCUT2D eigenvalue weighted by Crippen LogP contribution is 2.27. The summed E-state index contributed by atoms with van der Waals surface area (Å²) in [7, 11) is 0. The van der Waals surface area contributed by atoms with Crippen LogP contribution in [0.4, 0.5) is 0 Å². The summed E-state index contributed by atoms with van der Waals surface area (Å²) in [6.45, 7) is 7.11. The van der Waals surface area contributed by atoms with Gasteiger partial charge < -0.3 is 15.8 Å². The van der Waals surface area contributed by atoms with E-state index < -0.39 is 0 Å². The molecule has 2 aliphatic rings. The lowest BCUT2D eigenvalue weighted by Gasteiger charge is -2.24. The number of nitrogens with one attached hydrogen (secondary N) is 1. The molecule has 3 N–H and O–H groups in total. The molecule has 112 valence electrons. The first-order valence-electron chi connectivity index (χ1n) is 7.32. The van der Waals surface area contributed by atoms with Crippen molar-refractivity contribution in [2.45, 2.75) is 45.6 Å². The molecule has 4 nitrogen and oxygen atoms in total. The number of rotatable bonds is 5. The van der Waals surface area contributed by atoms with Crippen molar-refractivity contribution < 1.29 is 4.74 Å². The van der Waals surface area contributed by atoms with Crippen molar-refractivity contribution in [2.24, 2.45) is 28.5 Å². The molecule has 1 aliphatic carbocycles. The van der Waals surface area contributed by atoms with Gasteiger partial charge in [-0.05, 0) is 31.1 Å². The molecular weight excluding hydrogens is 353 g/mol. The van der Waals surface area contributed by atoms with Crippen LogP contribution in [0.25, 0.3) is 0 Å². The standard InChI is InChI=1S/C14H27N3O.HI/c1-10(2)13-12(6-7-18-13)9-17-14(15)16-8-11-4-3-5-11;/h10-13H,3-9H2,1-2H3,(H3,15,16,17);1H. The molecule has 0 radical (unpaired) electrons. The molecule has 0 aromatic carbocycles. The first-order chi connectivity index (χ1) is 8.66. The van der Waals surface area contributed by atoms with Gasteiger partial charge in [0.05, 0.1) is 6.10 Å². The molecule has 1 aliphatic heterocycles. The largest absolute Gasteiger partial charge is 0.378 e. The first-order valence-corrected chi connectivity index (χ1v) is 7.32. The Kier molecular flexibility index (Phi) is 7.42. The second kappa shape index (κ2) is 8.29. The molecule has 0 aromatic rings. The number of ether oxygens (including phenoxy) is 1. The van der Waals surface area contributed by atoms with Crippen LogP contribution < -0.4 is 11.1 Å². The van der Waals surface area contributed by atoms with Gasteiger partial charge in [-0.1, -0.05) is 20.3 Å². The molecule has 1 saturated heterocycles. The van der Waals surface area contributed by atoms with E-state index >= 15 is 0 Å². The van der Waals surface area contributed by atoms with Crippen LogP contribution >= 0.6 is 24.0 Å². The number of aliphatic imine (C=N–C) groups is 1. The van der Waals surface area contributed by atoms with Crippen molar-refractivity contribution in [3.8, 4) is 0 Å². The second-order valence-corrected chi connectivity index (χ2v) is 6.03. The second-order valence-electron chi connectivity index (χ2n) is 6.03. The Labute approximate surface area is 134 Å². The normalized spacial score (nSPS) is 28.1. The van der Waals surface area contributed by atoms with E-state index in [-0.39, 0.29) is 24.0 Å². The highest BCUT2D eigenvalue weighted by Gasteiger charge is 2.30. The van der Waals surface area contributed by atoms with E-state index in [1.54, 1.807) is 0 Å². The zero-order valence-electron chi connectivity index (χ0n) is 12.1. The van der Waals surface area contributed by atoms with Crippen LogP contribution in [0, 0.1) is 17.8 Å². The van der Waals surface area contributed by atoms with Crippen molar-refractivity contribution in [2.75, 3.05) is 19.7 Å². The third-order valence-corrected chi connectivity index (χ3v) is 4.21. The van der Waals surface area contributed by atoms with Gasteiger partial charge in [0, 0.05) is 25.6 Å². The fourth-order valence-electron chi connectivity index (χ4n) is 2.81. The third kappa shape index (κ3) is 5.10. The van der Waals surface area contributed by atoms with Crippen LogP contribution in [0.5, 0.6) is 0 Å². The predicted octanol–water partition coefficient (Wildman–Crippen LogP) is 2.37. The minimum Gasteiger partial charge on any atom is -0.378 e. The summed E-state index contributed by atoms with van der Waals surface area (Å²) in [6, 6.07) is 0. The Morgan fingerprint density at radius 2 is 2.11 bits per heavy atom. The highest BCUT2D eigenvalue weighted by molar-refractivity contribution is 14.0. The maximum absolute atomic E-state index is 5.90. The Hall–Kier alpha value is -0.0400. The molecule has 0 aromatic heterocycles. The van der Waals surface area contributed by atoms with Gasteiger partial charge in [-0.15, -0.1) is 24.0 Å². The molecular formula is C14H28IN3O. The van der Waals surface area contributed by atoms with Crippen LogP contribution in [-0.4, -0.2) is 31.8 Å². The SMILES string of the molecule is CC(C)C1OCCC1CNC(N)=NCC1CCC1.I. The minimum atomic E-state index is 0. The Morgan fingerprint density at radius 1 is 1.37 bits per heavy atom. The van der Waals surface area contributed by atoms with Crippen LogP contribution in [-0.2, 0) is 4.74 Å². The molecule has 0 bridgehead atoms. The van der Waals surface area contributed by atoms with Crippen LogP contribution in [0.1, 0.15) is 39.5 Å². The predicted molar refractivity (Wildman–Crippen MR) is 89.9 cm³/mol. The van der Waals surface area contributed by atoms with Crippen molar-refractivity contribution >= 4 is 29.9 Å². The summed E-state index contributed by atoms with van der Waals surface area (Å²) in [5, 5.41) is 3.26. The summed E-state index contributed by atoms with van der Waals surface area (Å²) >= 11 is 0. The van der Waals surface area contributed by atoms with Gasteiger partial charge in [-0.3, -0.25) is 4.99 Å². The van der Waals surface area contributed by atoms with Gasteiger partial charge in [0.25, 0.3) is 0 Å². The third-order valence-electron chi connectivity index (χ3n) is 4.21. The lowest BCUT2D eigenvalue weighted by atomic mass is 9.86. The van der Waals surface area contributed by atoms with Gasteiger partial charge in [0.1, 0.15) is 0 Å². The Bertz CT molecular complexity index is 292. The topological polar surface area (TPSA) is 59.6 Å². The van der Waals surface area contributed by atoms with Gasteiger partial charge in [0.15, 0.2) is 5.96 Å². The minimum absolute atomic E-state index is 0. The first kappa shape index (κ1) is 17.0. The zero-order valence-corrected chi connectivity index (χ0v) is 14.4. The van der Waals surface area contributed by atoms with Crippen molar-refractivity contribution in [1.82, 2.24) is 5.32 Å². The van der Waals surface area contributed by atoms with Crippen molar-refractivity contribution in [1.29, 1.82) is 0 Å². The van der Waals surface area contributed by atoms with E-state index in [1.807, 2.05) is 0 Å². The number of nitrogens with zero attached hydrogens (tertiary/aromatic N) is 1. The van der Waals surface area contributed by atoms with E-state index in [2.05, 4.69) is 24.2 Å². The molecule has 5 heteroatoms. The summed E-state index contributed by atoms with van der Waals surface area (Å²) in [5.41, 5.74) is 5.90. The van der Waals surface area contributed by atoms with Crippen LogP contribution in [0.15, 0.2) is 4.99 Å². The lowest BCUT2D eigenvalue weighted by Crippen LogP contribution is -2.39. The average molecular weight is 381 g/mol. The maximum Gasteiger partial charge on any atom is 0.188 e. The molecule has 19 heavy (non-hydrogen) atoms. The Morgan fingerprint density at radius 3 is 2.68 bits per heavy atom. The van der Waals surface area contributed by atoms with Gasteiger partial charge in [-0.2, -0.15) is 0 Å². The molecule has 2 fully saturated rings. The fraction of sp³-hybridized carbons (Fsp3) is 0.929. The highest BCUT2D eigenvalue weighted by atomic mass is 127. The zero-order chi connectivity index (χ0) is 13.0. The van der Waals surface area contributed by atoms with E-state index in [4.69, 9.17) is 10.5 Å². The summed E-state index contributed by atoms with van der Waals surface area (Å²) in [5.74, 6) is 2.54. The summed E-state index contributed by atoms with van der Waals surface area (Å²) < 4.78 is 5.76. The number of hydrogen-bond donors (Lipinski definition) is 2. The number of hydrogen-bond acceptors (Lipinski definition) is 2. The summed E-state index contributed by atoms with van der Waals surface area (Å²) in [6.07, 6.45) is 5.51. The molecule has 1 heterocycles. The monoisotopic (exact) mass is 381 g/mol. The van der Waals surface area contributed by atoms with Crippen LogP contribution in [0.2, 0.25) is 0 Å². The number of halogens is 1. The Balaban J connectivity index is 0.00000180. The average Bonchev–Trinajstić information content (AvgIpc) is 2.72. The smallest absolute Gasteiger partial charge is 0.188 e. The van der Waals surface area contributed by atoms with E-state index in [0.717, 1.165) is 32.0 Å². The quantitative estimate of drug-likeness (QED) is 0.437. The molecule has 2 unspecified atom stereocenters. The van der Waals surface area contributed by atoms with E-state index in [1.165, 1.54) is 19.3 Å². The molecule has 2 rings (SSSR count). The van der Waals surface area contributed by atoms with Crippen LogP contribution in [0.3, 0.4) is 0 Å². The van der Waals surface area contributed by atoms with E-state index in [0.29, 0.717) is 23.9 Å². The molecule has 0 amide bonds. The van der Waals surface area contributed by atoms with Gasteiger partial charge >= 0.3 is 0 Å².